The molecule has 2 aromatic carbocycles. The molecule has 4 rings (SSSR count). The molecule has 9 heteroatoms. The molecule has 150 valence electrons. The number of hydrogen-bond donors (Lipinski definition) is 2. The van der Waals surface area contributed by atoms with Gasteiger partial charge in [-0.1, -0.05) is 19.1 Å². The van der Waals surface area contributed by atoms with Crippen LogP contribution < -0.4 is 14.8 Å². The first-order chi connectivity index (χ1) is 13.8. The molecule has 2 heterocycles. The summed E-state index contributed by atoms with van der Waals surface area (Å²) < 4.78 is 33.1. The second kappa shape index (κ2) is 7.49. The molecule has 0 radical (unpaired) electrons. The SMILES string of the molecule is C[C@@H]1Oc2c(C(=O)Nc3ccc(S(=O)(=O)Nc4nccs4)cc3)cccc2[C@@H]1C. The molecule has 1 amide bonds. The molecule has 1 aliphatic heterocycles. The zero-order chi connectivity index (χ0) is 20.6. The minimum absolute atomic E-state index is 0.00813. The molecule has 1 aliphatic rings. The van der Waals surface area contributed by atoms with Crippen LogP contribution in [0, 0.1) is 0 Å². The summed E-state index contributed by atoms with van der Waals surface area (Å²) in [4.78, 5) is 16.7. The number of carbonyl (C=O) groups is 1. The van der Waals surface area contributed by atoms with Gasteiger partial charge in [0.25, 0.3) is 15.9 Å². The Bertz CT molecular complexity index is 1140. The molecule has 2 atom stereocenters. The summed E-state index contributed by atoms with van der Waals surface area (Å²) in [6.45, 7) is 4.04. The van der Waals surface area contributed by atoms with E-state index < -0.39 is 10.0 Å². The van der Waals surface area contributed by atoms with Crippen molar-refractivity contribution in [2.24, 2.45) is 0 Å². The van der Waals surface area contributed by atoms with Gasteiger partial charge in [0.2, 0.25) is 0 Å². The molecular weight excluding hydrogens is 410 g/mol. The highest BCUT2D eigenvalue weighted by Crippen LogP contribution is 2.40. The van der Waals surface area contributed by atoms with Crippen molar-refractivity contribution < 1.29 is 17.9 Å². The number of fused-ring (bicyclic) bond motifs is 1. The molecule has 0 spiro atoms. The van der Waals surface area contributed by atoms with Crippen LogP contribution in [0.5, 0.6) is 5.75 Å². The van der Waals surface area contributed by atoms with Gasteiger partial charge in [-0.25, -0.2) is 13.4 Å². The van der Waals surface area contributed by atoms with Crippen molar-refractivity contribution in [3.8, 4) is 5.75 Å². The maximum Gasteiger partial charge on any atom is 0.263 e. The lowest BCUT2D eigenvalue weighted by molar-refractivity contribution is 0.102. The van der Waals surface area contributed by atoms with E-state index in [1.54, 1.807) is 23.6 Å². The Morgan fingerprint density at radius 3 is 2.59 bits per heavy atom. The Kier molecular flexibility index (Phi) is 5.01. The minimum Gasteiger partial charge on any atom is -0.489 e. The summed E-state index contributed by atoms with van der Waals surface area (Å²) in [5.41, 5.74) is 1.96. The Morgan fingerprint density at radius 1 is 1.14 bits per heavy atom. The molecule has 2 N–H and O–H groups in total. The lowest BCUT2D eigenvalue weighted by Crippen LogP contribution is -2.15. The van der Waals surface area contributed by atoms with E-state index in [9.17, 15) is 13.2 Å². The molecule has 29 heavy (non-hydrogen) atoms. The molecular formula is C20H19N3O4S2. The fraction of sp³-hybridized carbons (Fsp3) is 0.200. The number of para-hydroxylation sites is 1. The zero-order valence-electron chi connectivity index (χ0n) is 15.7. The summed E-state index contributed by atoms with van der Waals surface area (Å²) >= 11 is 1.19. The maximum absolute atomic E-state index is 12.8. The summed E-state index contributed by atoms with van der Waals surface area (Å²) in [5.74, 6) is 0.518. The van der Waals surface area contributed by atoms with Crippen LogP contribution in [0.1, 0.15) is 35.7 Å². The van der Waals surface area contributed by atoms with Crippen LogP contribution >= 0.6 is 11.3 Å². The number of nitrogens with zero attached hydrogens (tertiary/aromatic N) is 1. The van der Waals surface area contributed by atoms with Gasteiger partial charge in [0, 0.05) is 28.7 Å². The third-order valence-corrected chi connectivity index (χ3v) is 7.04. The largest absolute Gasteiger partial charge is 0.489 e. The van der Waals surface area contributed by atoms with Crippen molar-refractivity contribution in [1.82, 2.24) is 4.98 Å². The monoisotopic (exact) mass is 429 g/mol. The number of hydrogen-bond acceptors (Lipinski definition) is 6. The van der Waals surface area contributed by atoms with E-state index in [-0.39, 0.29) is 22.8 Å². The van der Waals surface area contributed by atoms with E-state index in [1.807, 2.05) is 19.1 Å². The molecule has 0 aliphatic carbocycles. The Morgan fingerprint density at radius 2 is 1.90 bits per heavy atom. The van der Waals surface area contributed by atoms with Gasteiger partial charge in [0.15, 0.2) is 5.13 Å². The number of aromatic nitrogens is 1. The lowest BCUT2D eigenvalue weighted by atomic mass is 9.97. The number of thiazole rings is 1. The number of nitrogens with one attached hydrogen (secondary N) is 2. The van der Waals surface area contributed by atoms with E-state index >= 15 is 0 Å². The average molecular weight is 430 g/mol. The Hall–Kier alpha value is -2.91. The molecule has 0 bridgehead atoms. The van der Waals surface area contributed by atoms with Gasteiger partial charge in [-0.15, -0.1) is 11.3 Å². The smallest absolute Gasteiger partial charge is 0.263 e. The third kappa shape index (κ3) is 3.83. The highest BCUT2D eigenvalue weighted by atomic mass is 32.2. The molecule has 0 saturated carbocycles. The van der Waals surface area contributed by atoms with Crippen molar-refractivity contribution in [2.45, 2.75) is 30.8 Å². The summed E-state index contributed by atoms with van der Waals surface area (Å²) in [5, 5.41) is 4.78. The number of carbonyl (C=O) groups excluding carboxylic acids is 1. The van der Waals surface area contributed by atoms with Crippen molar-refractivity contribution in [1.29, 1.82) is 0 Å². The van der Waals surface area contributed by atoms with Gasteiger partial charge in [-0.05, 0) is 37.3 Å². The number of anilines is 2. The molecule has 1 aromatic heterocycles. The van der Waals surface area contributed by atoms with E-state index in [1.165, 1.54) is 29.7 Å². The summed E-state index contributed by atoms with van der Waals surface area (Å²) in [6, 6.07) is 11.5. The predicted molar refractivity (Wildman–Crippen MR) is 112 cm³/mol. The normalized spacial score (nSPS) is 18.0. The second-order valence-electron chi connectivity index (χ2n) is 6.76. The first kappa shape index (κ1) is 19.4. The molecule has 0 fully saturated rings. The zero-order valence-corrected chi connectivity index (χ0v) is 17.4. The van der Waals surface area contributed by atoms with Crippen LogP contribution in [-0.4, -0.2) is 25.4 Å². The van der Waals surface area contributed by atoms with Gasteiger partial charge >= 0.3 is 0 Å². The fourth-order valence-electron chi connectivity index (χ4n) is 3.13. The number of sulfonamides is 1. The van der Waals surface area contributed by atoms with Crippen LogP contribution in [0.4, 0.5) is 10.8 Å². The molecule has 0 unspecified atom stereocenters. The Labute approximate surface area is 172 Å². The van der Waals surface area contributed by atoms with E-state index in [0.717, 1.165) is 5.56 Å². The van der Waals surface area contributed by atoms with Gasteiger partial charge in [0.05, 0.1) is 10.5 Å². The fourth-order valence-corrected chi connectivity index (χ4v) is 4.92. The molecule has 0 saturated heterocycles. The first-order valence-electron chi connectivity index (χ1n) is 8.98. The number of amides is 1. The molecule has 7 nitrogen and oxygen atoms in total. The van der Waals surface area contributed by atoms with Gasteiger partial charge in [0.1, 0.15) is 11.9 Å². The van der Waals surface area contributed by atoms with Crippen molar-refractivity contribution >= 4 is 38.1 Å². The molecule has 3 aromatic rings. The van der Waals surface area contributed by atoms with Crippen LogP contribution in [0.3, 0.4) is 0 Å². The lowest BCUT2D eigenvalue weighted by Gasteiger charge is -2.11. The van der Waals surface area contributed by atoms with Crippen LogP contribution in [0.15, 0.2) is 58.9 Å². The Balaban J connectivity index is 1.51. The second-order valence-corrected chi connectivity index (χ2v) is 9.33. The topological polar surface area (TPSA) is 97.4 Å². The summed E-state index contributed by atoms with van der Waals surface area (Å²) in [7, 11) is -3.74. The van der Waals surface area contributed by atoms with E-state index in [4.69, 9.17) is 4.74 Å². The third-order valence-electron chi connectivity index (χ3n) is 4.87. The van der Waals surface area contributed by atoms with Gasteiger partial charge < -0.3 is 10.1 Å². The first-order valence-corrected chi connectivity index (χ1v) is 11.3. The highest BCUT2D eigenvalue weighted by molar-refractivity contribution is 7.93. The summed E-state index contributed by atoms with van der Waals surface area (Å²) in [6.07, 6.45) is 1.53. The standard InChI is InChI=1S/C20H19N3O4S2/c1-12-13(2)27-18-16(12)4-3-5-17(18)19(24)22-14-6-8-15(9-7-14)29(25,26)23-20-21-10-11-28-20/h3-13H,1-2H3,(H,21,23)(H,22,24)/t12-,13+/m1/s1. The number of ether oxygens (including phenoxy) is 1. The van der Waals surface area contributed by atoms with Crippen molar-refractivity contribution in [3.05, 3.63) is 65.2 Å². The van der Waals surface area contributed by atoms with Gasteiger partial charge in [-0.2, -0.15) is 0 Å². The van der Waals surface area contributed by atoms with Gasteiger partial charge in [-0.3, -0.25) is 9.52 Å². The predicted octanol–water partition coefficient (Wildman–Crippen LogP) is 4.08. The van der Waals surface area contributed by atoms with Crippen LogP contribution in [0.25, 0.3) is 0 Å². The average Bonchev–Trinajstić information content (AvgIpc) is 3.30. The van der Waals surface area contributed by atoms with Crippen molar-refractivity contribution in [3.63, 3.8) is 0 Å². The van der Waals surface area contributed by atoms with Crippen LogP contribution in [0.2, 0.25) is 0 Å². The number of benzene rings is 2. The van der Waals surface area contributed by atoms with E-state index in [2.05, 4.69) is 21.9 Å². The maximum atomic E-state index is 12.8. The minimum atomic E-state index is -3.74. The van der Waals surface area contributed by atoms with E-state index in [0.29, 0.717) is 22.1 Å². The quantitative estimate of drug-likeness (QED) is 0.637. The highest BCUT2D eigenvalue weighted by Gasteiger charge is 2.31. The van der Waals surface area contributed by atoms with Crippen molar-refractivity contribution in [2.75, 3.05) is 10.0 Å². The van der Waals surface area contributed by atoms with Crippen LogP contribution in [-0.2, 0) is 10.0 Å². The number of rotatable bonds is 5.